The Morgan fingerprint density at radius 1 is 1.33 bits per heavy atom. The maximum atomic E-state index is 5.44. The van der Waals surface area contributed by atoms with Crippen LogP contribution in [0.15, 0.2) is 30.3 Å². The number of benzene rings is 1. The molecule has 62 valence electrons. The fourth-order valence-corrected chi connectivity index (χ4v) is 2.21. The molecular formula is C9H8OS2. The molecule has 0 radical (unpaired) electrons. The Morgan fingerprint density at radius 3 is 2.67 bits per heavy atom. The zero-order valence-corrected chi connectivity index (χ0v) is 8.03. The number of thiocarbonyl (C=S) groups is 1. The zero-order valence-electron chi connectivity index (χ0n) is 6.40. The highest BCUT2D eigenvalue weighted by molar-refractivity contribution is 8.22. The predicted molar refractivity (Wildman–Crippen MR) is 55.3 cm³/mol. The molecular weight excluding hydrogens is 188 g/mol. The Kier molecular flexibility index (Phi) is 2.33. The molecule has 0 N–H and O–H groups in total. The van der Waals surface area contributed by atoms with E-state index in [1.165, 1.54) is 5.56 Å². The van der Waals surface area contributed by atoms with Crippen molar-refractivity contribution in [3.05, 3.63) is 35.9 Å². The van der Waals surface area contributed by atoms with Crippen molar-refractivity contribution in [2.24, 2.45) is 0 Å². The van der Waals surface area contributed by atoms with Crippen molar-refractivity contribution in [2.75, 3.05) is 5.75 Å². The van der Waals surface area contributed by atoms with E-state index >= 15 is 0 Å². The fourth-order valence-electron chi connectivity index (χ4n) is 1.16. The lowest BCUT2D eigenvalue weighted by atomic mass is 10.1. The van der Waals surface area contributed by atoms with Crippen molar-refractivity contribution in [2.45, 2.75) is 6.10 Å². The molecule has 1 fully saturated rings. The highest BCUT2D eigenvalue weighted by Crippen LogP contribution is 2.31. The number of hydrogen-bond acceptors (Lipinski definition) is 3. The molecule has 12 heavy (non-hydrogen) atoms. The summed E-state index contributed by atoms with van der Waals surface area (Å²) in [4.78, 5) is 0. The summed E-state index contributed by atoms with van der Waals surface area (Å²) >= 11 is 6.55. The second kappa shape index (κ2) is 3.46. The molecule has 1 atom stereocenters. The molecule has 0 amide bonds. The highest BCUT2D eigenvalue weighted by atomic mass is 32.2. The molecule has 0 aromatic heterocycles. The smallest absolute Gasteiger partial charge is 0.220 e. The van der Waals surface area contributed by atoms with Gasteiger partial charge in [0.25, 0.3) is 0 Å². The number of thioether (sulfide) groups is 1. The van der Waals surface area contributed by atoms with Crippen LogP contribution in [0.25, 0.3) is 0 Å². The van der Waals surface area contributed by atoms with Crippen molar-refractivity contribution >= 4 is 28.4 Å². The van der Waals surface area contributed by atoms with E-state index in [1.807, 2.05) is 18.2 Å². The lowest BCUT2D eigenvalue weighted by Crippen LogP contribution is -1.98. The largest absolute Gasteiger partial charge is 0.469 e. The summed E-state index contributed by atoms with van der Waals surface area (Å²) in [5.74, 6) is 0.947. The third kappa shape index (κ3) is 1.62. The van der Waals surface area contributed by atoms with Crippen molar-refractivity contribution < 1.29 is 4.74 Å². The van der Waals surface area contributed by atoms with Crippen LogP contribution in [0.4, 0.5) is 0 Å². The third-order valence-corrected chi connectivity index (χ3v) is 3.01. The Labute approximate surface area is 81.1 Å². The average molecular weight is 196 g/mol. The Bertz CT molecular complexity index is 284. The van der Waals surface area contributed by atoms with E-state index in [4.69, 9.17) is 17.0 Å². The van der Waals surface area contributed by atoms with E-state index in [9.17, 15) is 0 Å². The molecule has 0 aliphatic carbocycles. The molecule has 1 aliphatic heterocycles. The van der Waals surface area contributed by atoms with Gasteiger partial charge in [-0.15, -0.1) is 0 Å². The highest BCUT2D eigenvalue weighted by Gasteiger charge is 2.22. The monoisotopic (exact) mass is 196 g/mol. The molecule has 3 heteroatoms. The summed E-state index contributed by atoms with van der Waals surface area (Å²) in [6.07, 6.45) is 0.170. The first-order chi connectivity index (χ1) is 5.86. The first-order valence-electron chi connectivity index (χ1n) is 3.74. The molecule has 1 aliphatic rings. The molecule has 0 spiro atoms. The first-order valence-corrected chi connectivity index (χ1v) is 5.14. The molecule has 1 aromatic rings. The minimum Gasteiger partial charge on any atom is -0.469 e. The van der Waals surface area contributed by atoms with E-state index in [0.29, 0.717) is 4.38 Å². The van der Waals surface area contributed by atoms with E-state index < -0.39 is 0 Å². The van der Waals surface area contributed by atoms with Gasteiger partial charge in [-0.1, -0.05) is 42.1 Å². The molecule has 2 rings (SSSR count). The summed E-state index contributed by atoms with van der Waals surface area (Å²) in [6.45, 7) is 0. The number of hydrogen-bond donors (Lipinski definition) is 0. The second-order valence-electron chi connectivity index (χ2n) is 2.58. The van der Waals surface area contributed by atoms with E-state index in [-0.39, 0.29) is 6.10 Å². The van der Waals surface area contributed by atoms with Crippen LogP contribution in [0, 0.1) is 0 Å². The van der Waals surface area contributed by atoms with Gasteiger partial charge in [0.05, 0.1) is 0 Å². The van der Waals surface area contributed by atoms with Crippen molar-refractivity contribution in [3.8, 4) is 0 Å². The van der Waals surface area contributed by atoms with Gasteiger partial charge in [0.2, 0.25) is 4.38 Å². The minimum atomic E-state index is 0.170. The van der Waals surface area contributed by atoms with Gasteiger partial charge in [-0.05, 0) is 17.8 Å². The van der Waals surface area contributed by atoms with E-state index in [0.717, 1.165) is 5.75 Å². The van der Waals surface area contributed by atoms with Crippen LogP contribution >= 0.6 is 24.0 Å². The SMILES string of the molecule is S=C1OC(c2ccccc2)CS1. The molecule has 0 bridgehead atoms. The van der Waals surface area contributed by atoms with Crippen molar-refractivity contribution in [3.63, 3.8) is 0 Å². The molecule has 1 saturated heterocycles. The summed E-state index contributed by atoms with van der Waals surface area (Å²) in [5.41, 5.74) is 1.21. The van der Waals surface area contributed by atoms with Gasteiger partial charge >= 0.3 is 0 Å². The van der Waals surface area contributed by atoms with Gasteiger partial charge in [0.1, 0.15) is 6.10 Å². The molecule has 1 heterocycles. The van der Waals surface area contributed by atoms with Crippen LogP contribution in [0.1, 0.15) is 11.7 Å². The Hall–Kier alpha value is -0.540. The van der Waals surface area contributed by atoms with Gasteiger partial charge in [0, 0.05) is 5.75 Å². The fraction of sp³-hybridized carbons (Fsp3) is 0.222. The summed E-state index contributed by atoms with van der Waals surface area (Å²) < 4.78 is 6.11. The maximum Gasteiger partial charge on any atom is 0.220 e. The predicted octanol–water partition coefficient (Wildman–Crippen LogP) is 2.78. The van der Waals surface area contributed by atoms with Gasteiger partial charge < -0.3 is 4.74 Å². The van der Waals surface area contributed by atoms with Crippen molar-refractivity contribution in [1.82, 2.24) is 0 Å². The number of rotatable bonds is 1. The second-order valence-corrected chi connectivity index (χ2v) is 4.20. The third-order valence-electron chi connectivity index (χ3n) is 1.76. The van der Waals surface area contributed by atoms with E-state index in [2.05, 4.69) is 12.1 Å². The lowest BCUT2D eigenvalue weighted by Gasteiger charge is -2.07. The molecule has 1 unspecified atom stereocenters. The quantitative estimate of drug-likeness (QED) is 0.639. The maximum absolute atomic E-state index is 5.44. The summed E-state index contributed by atoms with van der Waals surface area (Å²) in [7, 11) is 0. The van der Waals surface area contributed by atoms with Gasteiger partial charge in [-0.3, -0.25) is 0 Å². The molecule has 1 aromatic carbocycles. The first kappa shape index (κ1) is 8.08. The van der Waals surface area contributed by atoms with Crippen LogP contribution in [0.2, 0.25) is 0 Å². The topological polar surface area (TPSA) is 9.23 Å². The lowest BCUT2D eigenvalue weighted by molar-refractivity contribution is 0.242. The molecule has 1 nitrogen and oxygen atoms in total. The normalized spacial score (nSPS) is 22.3. The Morgan fingerprint density at radius 2 is 2.08 bits per heavy atom. The summed E-state index contributed by atoms with van der Waals surface area (Å²) in [5, 5.41) is 0. The van der Waals surface area contributed by atoms with Crippen molar-refractivity contribution in [1.29, 1.82) is 0 Å². The van der Waals surface area contributed by atoms with Gasteiger partial charge in [-0.2, -0.15) is 0 Å². The van der Waals surface area contributed by atoms with Crippen LogP contribution < -0.4 is 0 Å². The zero-order chi connectivity index (χ0) is 8.39. The average Bonchev–Trinajstić information content (AvgIpc) is 2.54. The standard InChI is InChI=1S/C9H8OS2/c11-9-10-8(6-12-9)7-4-2-1-3-5-7/h1-5,8H,6H2. The van der Waals surface area contributed by atoms with E-state index in [1.54, 1.807) is 11.8 Å². The van der Waals surface area contributed by atoms with Crippen LogP contribution in [-0.4, -0.2) is 10.1 Å². The van der Waals surface area contributed by atoms with Gasteiger partial charge in [-0.25, -0.2) is 0 Å². The Balaban J connectivity index is 2.16. The number of ether oxygens (including phenoxy) is 1. The van der Waals surface area contributed by atoms with Crippen LogP contribution in [0.5, 0.6) is 0 Å². The minimum absolute atomic E-state index is 0.170. The molecule has 0 saturated carbocycles. The summed E-state index contributed by atoms with van der Waals surface area (Å²) in [6, 6.07) is 10.2. The van der Waals surface area contributed by atoms with Gasteiger partial charge in [0.15, 0.2) is 0 Å². The van der Waals surface area contributed by atoms with Crippen LogP contribution in [0.3, 0.4) is 0 Å². The van der Waals surface area contributed by atoms with Crippen LogP contribution in [-0.2, 0) is 4.74 Å².